The van der Waals surface area contributed by atoms with Crippen molar-refractivity contribution in [3.63, 3.8) is 0 Å². The number of hydrogen-bond donors (Lipinski definition) is 2. The number of nitrogens with zero attached hydrogens (tertiary/aromatic N) is 3. The minimum atomic E-state index is -0.904. The smallest absolute Gasteiger partial charge is 0.339 e. The first-order valence-electron chi connectivity index (χ1n) is 6.74. The van der Waals surface area contributed by atoms with Gasteiger partial charge in [-0.15, -0.1) is 0 Å². The number of carboxylic acid groups (broad SMARTS) is 1. The van der Waals surface area contributed by atoms with Crippen molar-refractivity contribution in [3.8, 4) is 0 Å². The fraction of sp³-hybridized carbons (Fsp3) is 0.692. The van der Waals surface area contributed by atoms with Crippen LogP contribution in [0.25, 0.3) is 0 Å². The highest BCUT2D eigenvalue weighted by atomic mass is 16.4. The van der Waals surface area contributed by atoms with E-state index in [0.717, 1.165) is 31.6 Å². The molecule has 1 aliphatic rings. The normalized spacial score (nSPS) is 20.5. The third kappa shape index (κ3) is 3.33. The molecule has 2 N–H and O–H groups in total. The topological polar surface area (TPSA) is 70.4 Å². The van der Waals surface area contributed by atoms with Gasteiger partial charge in [-0.05, 0) is 39.4 Å². The van der Waals surface area contributed by atoms with Gasteiger partial charge in [0, 0.05) is 19.6 Å². The van der Waals surface area contributed by atoms with E-state index in [0.29, 0.717) is 18.2 Å². The standard InChI is InChI=1S/C13H22N4O2/c1-16(10-4-3-6-14-7-5-10)9-12-11(13(18)19)8-15-17(12)2/h8,10,14H,3-7,9H2,1-2H3,(H,18,19). The summed E-state index contributed by atoms with van der Waals surface area (Å²) in [5.41, 5.74) is 1.08. The predicted octanol–water partition coefficient (Wildman–Crippen LogP) is 0.692. The first-order valence-corrected chi connectivity index (χ1v) is 6.74. The first kappa shape index (κ1) is 14.0. The second-order valence-corrected chi connectivity index (χ2v) is 5.18. The Bertz CT molecular complexity index is 436. The molecule has 0 bridgehead atoms. The summed E-state index contributed by atoms with van der Waals surface area (Å²) < 4.78 is 1.66. The number of rotatable bonds is 4. The summed E-state index contributed by atoms with van der Waals surface area (Å²) in [6.45, 7) is 2.74. The van der Waals surface area contributed by atoms with E-state index in [-0.39, 0.29) is 0 Å². The van der Waals surface area contributed by atoms with Crippen molar-refractivity contribution in [1.29, 1.82) is 0 Å². The molecule has 2 rings (SSSR count). The summed E-state index contributed by atoms with van der Waals surface area (Å²) >= 11 is 0. The third-order valence-corrected chi connectivity index (χ3v) is 3.86. The van der Waals surface area contributed by atoms with Crippen molar-refractivity contribution in [2.24, 2.45) is 7.05 Å². The number of aromatic nitrogens is 2. The second kappa shape index (κ2) is 6.16. The largest absolute Gasteiger partial charge is 0.478 e. The molecule has 0 aromatic carbocycles. The van der Waals surface area contributed by atoms with E-state index < -0.39 is 5.97 Å². The van der Waals surface area contributed by atoms with Gasteiger partial charge in [0.05, 0.1) is 11.9 Å². The van der Waals surface area contributed by atoms with Crippen LogP contribution in [0.1, 0.15) is 35.3 Å². The van der Waals surface area contributed by atoms with Gasteiger partial charge in [-0.1, -0.05) is 0 Å². The first-order chi connectivity index (χ1) is 9.09. The van der Waals surface area contributed by atoms with Crippen LogP contribution in [-0.4, -0.2) is 51.9 Å². The molecule has 106 valence electrons. The second-order valence-electron chi connectivity index (χ2n) is 5.18. The highest BCUT2D eigenvalue weighted by molar-refractivity contribution is 5.88. The number of carboxylic acids is 1. The van der Waals surface area contributed by atoms with Crippen molar-refractivity contribution in [3.05, 3.63) is 17.5 Å². The molecule has 0 radical (unpaired) electrons. The Hall–Kier alpha value is -1.40. The highest BCUT2D eigenvalue weighted by Crippen LogP contribution is 2.16. The zero-order chi connectivity index (χ0) is 13.8. The SMILES string of the molecule is CN(Cc1c(C(=O)O)cnn1C)C1CCCNCC1. The molecule has 6 nitrogen and oxygen atoms in total. The van der Waals surface area contributed by atoms with E-state index in [1.807, 2.05) is 0 Å². The molecule has 1 saturated heterocycles. The summed E-state index contributed by atoms with van der Waals surface area (Å²) in [6, 6.07) is 0.506. The maximum Gasteiger partial charge on any atom is 0.339 e. The molecule has 1 aromatic rings. The Labute approximate surface area is 113 Å². The molecular formula is C13H22N4O2. The van der Waals surface area contributed by atoms with Crippen LogP contribution >= 0.6 is 0 Å². The van der Waals surface area contributed by atoms with Crippen LogP contribution in [0.2, 0.25) is 0 Å². The Balaban J connectivity index is 2.07. The zero-order valence-electron chi connectivity index (χ0n) is 11.6. The lowest BCUT2D eigenvalue weighted by atomic mass is 10.1. The van der Waals surface area contributed by atoms with Gasteiger partial charge < -0.3 is 10.4 Å². The summed E-state index contributed by atoms with van der Waals surface area (Å²) in [4.78, 5) is 13.4. The number of carbonyl (C=O) groups is 1. The van der Waals surface area contributed by atoms with Gasteiger partial charge in [-0.3, -0.25) is 9.58 Å². The van der Waals surface area contributed by atoms with Gasteiger partial charge in [0.1, 0.15) is 5.56 Å². The summed E-state index contributed by atoms with van der Waals surface area (Å²) in [7, 11) is 3.86. The molecule has 19 heavy (non-hydrogen) atoms. The Morgan fingerprint density at radius 3 is 3.11 bits per heavy atom. The van der Waals surface area contributed by atoms with Crippen molar-refractivity contribution >= 4 is 5.97 Å². The molecular weight excluding hydrogens is 244 g/mol. The molecule has 0 spiro atoms. The number of hydrogen-bond acceptors (Lipinski definition) is 4. The van der Waals surface area contributed by atoms with Crippen LogP contribution in [0.5, 0.6) is 0 Å². The van der Waals surface area contributed by atoms with E-state index in [9.17, 15) is 4.79 Å². The quantitative estimate of drug-likeness (QED) is 0.839. The van der Waals surface area contributed by atoms with Crippen LogP contribution in [0.4, 0.5) is 0 Å². The van der Waals surface area contributed by atoms with Gasteiger partial charge in [-0.25, -0.2) is 4.79 Å². The molecule has 1 fully saturated rings. The van der Waals surface area contributed by atoms with Crippen LogP contribution < -0.4 is 5.32 Å². The van der Waals surface area contributed by atoms with Gasteiger partial charge in [0.15, 0.2) is 0 Å². The lowest BCUT2D eigenvalue weighted by Crippen LogP contribution is -2.33. The summed E-state index contributed by atoms with van der Waals surface area (Å²) in [5, 5.41) is 16.6. The highest BCUT2D eigenvalue weighted by Gasteiger charge is 2.21. The Morgan fingerprint density at radius 2 is 2.37 bits per heavy atom. The lowest BCUT2D eigenvalue weighted by Gasteiger charge is -2.27. The number of aryl methyl sites for hydroxylation is 1. The molecule has 0 amide bonds. The third-order valence-electron chi connectivity index (χ3n) is 3.86. The summed E-state index contributed by atoms with van der Waals surface area (Å²) in [5.74, 6) is -0.904. The van der Waals surface area contributed by atoms with E-state index in [2.05, 4.69) is 22.4 Å². The molecule has 0 saturated carbocycles. The lowest BCUT2D eigenvalue weighted by molar-refractivity contribution is 0.0693. The fourth-order valence-corrected chi connectivity index (χ4v) is 2.64. The molecule has 1 unspecified atom stereocenters. The van der Waals surface area contributed by atoms with Crippen LogP contribution in [0.15, 0.2) is 6.20 Å². The fourth-order valence-electron chi connectivity index (χ4n) is 2.64. The van der Waals surface area contributed by atoms with Crippen molar-refractivity contribution < 1.29 is 9.90 Å². The van der Waals surface area contributed by atoms with Crippen molar-refractivity contribution in [2.45, 2.75) is 31.8 Å². The molecule has 6 heteroatoms. The van der Waals surface area contributed by atoms with Crippen LogP contribution in [-0.2, 0) is 13.6 Å². The minimum absolute atomic E-state index is 0.307. The predicted molar refractivity (Wildman–Crippen MR) is 72.1 cm³/mol. The van der Waals surface area contributed by atoms with Gasteiger partial charge in [0.25, 0.3) is 0 Å². The van der Waals surface area contributed by atoms with E-state index >= 15 is 0 Å². The maximum atomic E-state index is 11.2. The van der Waals surface area contributed by atoms with Gasteiger partial charge in [-0.2, -0.15) is 5.10 Å². The summed E-state index contributed by atoms with van der Waals surface area (Å²) in [6.07, 6.45) is 4.87. The molecule has 1 aromatic heterocycles. The minimum Gasteiger partial charge on any atom is -0.478 e. The van der Waals surface area contributed by atoms with E-state index in [1.165, 1.54) is 12.6 Å². The molecule has 1 aliphatic heterocycles. The maximum absolute atomic E-state index is 11.2. The average Bonchev–Trinajstić information content (AvgIpc) is 2.60. The monoisotopic (exact) mass is 266 g/mol. The Kier molecular flexibility index (Phi) is 4.55. The average molecular weight is 266 g/mol. The van der Waals surface area contributed by atoms with Gasteiger partial charge >= 0.3 is 5.97 Å². The van der Waals surface area contributed by atoms with Gasteiger partial charge in [0.2, 0.25) is 0 Å². The Morgan fingerprint density at radius 1 is 1.58 bits per heavy atom. The van der Waals surface area contributed by atoms with Crippen molar-refractivity contribution in [2.75, 3.05) is 20.1 Å². The van der Waals surface area contributed by atoms with Crippen molar-refractivity contribution in [1.82, 2.24) is 20.0 Å². The van der Waals surface area contributed by atoms with E-state index in [4.69, 9.17) is 5.11 Å². The molecule has 0 aliphatic carbocycles. The van der Waals surface area contributed by atoms with Crippen LogP contribution in [0, 0.1) is 0 Å². The van der Waals surface area contributed by atoms with E-state index in [1.54, 1.807) is 11.7 Å². The van der Waals surface area contributed by atoms with Crippen LogP contribution in [0.3, 0.4) is 0 Å². The molecule has 2 heterocycles. The zero-order valence-corrected chi connectivity index (χ0v) is 11.6. The molecule has 1 atom stereocenters. The number of aromatic carboxylic acids is 1. The number of nitrogens with one attached hydrogen (secondary N) is 1.